The van der Waals surface area contributed by atoms with Crippen LogP contribution >= 0.6 is 0 Å². The average Bonchev–Trinajstić information content (AvgIpc) is 3.62. The Balaban J connectivity index is 0.000000650. The molecule has 306 valence electrons. The minimum atomic E-state index is -0.953. The van der Waals surface area contributed by atoms with Gasteiger partial charge in [0.25, 0.3) is 0 Å². The van der Waals surface area contributed by atoms with Crippen molar-refractivity contribution in [1.82, 2.24) is 9.80 Å². The van der Waals surface area contributed by atoms with Crippen LogP contribution in [-0.4, -0.2) is 97.3 Å². The first-order valence-corrected chi connectivity index (χ1v) is 19.5. The third-order valence-corrected chi connectivity index (χ3v) is 9.77. The zero-order chi connectivity index (χ0) is 41.0. The van der Waals surface area contributed by atoms with Gasteiger partial charge in [-0.1, -0.05) is 73.4 Å². The lowest BCUT2D eigenvalue weighted by molar-refractivity contribution is -0.156. The fraction of sp³-hybridized carbons (Fsp3) is 0.707. The van der Waals surface area contributed by atoms with E-state index in [1.165, 1.54) is 16.8 Å². The van der Waals surface area contributed by atoms with Gasteiger partial charge in [-0.05, 0) is 67.6 Å². The fourth-order valence-electron chi connectivity index (χ4n) is 6.11. The van der Waals surface area contributed by atoms with E-state index < -0.39 is 30.0 Å². The Bertz CT molecular complexity index is 1320. The van der Waals surface area contributed by atoms with Gasteiger partial charge in [-0.15, -0.1) is 0 Å². The number of methoxy groups -OCH3 is 1. The van der Waals surface area contributed by atoms with Crippen LogP contribution in [-0.2, 0) is 44.7 Å². The van der Waals surface area contributed by atoms with Gasteiger partial charge in [0.05, 0.1) is 19.6 Å². The Morgan fingerprint density at radius 1 is 1.00 bits per heavy atom. The Labute approximate surface area is 323 Å². The molecule has 3 amide bonds. The second kappa shape index (κ2) is 25.1. The molecule has 0 bridgehead atoms. The van der Waals surface area contributed by atoms with Gasteiger partial charge < -0.3 is 40.3 Å². The van der Waals surface area contributed by atoms with E-state index in [0.717, 1.165) is 31.1 Å². The van der Waals surface area contributed by atoms with E-state index >= 15 is 0 Å². The van der Waals surface area contributed by atoms with E-state index in [4.69, 9.17) is 25.7 Å². The van der Waals surface area contributed by atoms with Crippen molar-refractivity contribution in [2.24, 2.45) is 35.1 Å². The van der Waals surface area contributed by atoms with Crippen molar-refractivity contribution in [3.63, 3.8) is 0 Å². The molecule has 54 heavy (non-hydrogen) atoms. The highest BCUT2D eigenvalue weighted by molar-refractivity contribution is 5.92. The zero-order valence-electron chi connectivity index (χ0n) is 34.2. The normalized spacial score (nSPS) is 16.7. The number of primary amides is 1. The number of aldehydes is 1. The Hall–Kier alpha value is -4.00. The van der Waals surface area contributed by atoms with Crippen LogP contribution in [0, 0.1) is 23.7 Å². The minimum Gasteiger partial charge on any atom is -0.497 e. The summed E-state index contributed by atoms with van der Waals surface area (Å²) in [6.07, 6.45) is 6.78. The Morgan fingerprint density at radius 2 is 1.65 bits per heavy atom. The summed E-state index contributed by atoms with van der Waals surface area (Å²) in [5.41, 5.74) is 12.0. The van der Waals surface area contributed by atoms with E-state index in [1.807, 2.05) is 34.6 Å². The molecule has 0 aliphatic carbocycles. The number of likely N-dealkylation sites (N-methyl/N-ethyl adjacent to an activating group) is 1. The molecule has 13 nitrogen and oxygen atoms in total. The van der Waals surface area contributed by atoms with Gasteiger partial charge in [0.15, 0.2) is 0 Å². The molecule has 4 N–H and O–H groups in total. The second-order valence-corrected chi connectivity index (χ2v) is 15.4. The molecule has 0 radical (unpaired) electrons. The SMILES string of the molecule is CCC(C)CCCC(=O)OC(C[C@H](C)C=O)C(C)C.COc1ccc(CC(C(=O)OCCC(N)=O)N(C)C(=O)C2CCCN2C(=O)C(N)CC(C)C)cc1. The van der Waals surface area contributed by atoms with Crippen molar-refractivity contribution >= 4 is 35.9 Å². The number of carbonyl (C=O) groups excluding carboxylic acids is 6. The predicted molar refractivity (Wildman–Crippen MR) is 208 cm³/mol. The van der Waals surface area contributed by atoms with Crippen molar-refractivity contribution in [3.05, 3.63) is 29.8 Å². The van der Waals surface area contributed by atoms with Gasteiger partial charge in [-0.25, -0.2) is 4.79 Å². The maximum Gasteiger partial charge on any atom is 0.329 e. The lowest BCUT2D eigenvalue weighted by Gasteiger charge is -2.33. The average molecular weight is 761 g/mol. The Morgan fingerprint density at radius 3 is 2.19 bits per heavy atom. The summed E-state index contributed by atoms with van der Waals surface area (Å²) in [5, 5.41) is 0. The van der Waals surface area contributed by atoms with Crippen LogP contribution in [0.4, 0.5) is 0 Å². The number of carbonyl (C=O) groups is 6. The second-order valence-electron chi connectivity index (χ2n) is 15.4. The van der Waals surface area contributed by atoms with Gasteiger partial charge >= 0.3 is 11.9 Å². The summed E-state index contributed by atoms with van der Waals surface area (Å²) < 4.78 is 15.9. The van der Waals surface area contributed by atoms with Crippen LogP contribution < -0.4 is 16.2 Å². The number of rotatable bonds is 22. The van der Waals surface area contributed by atoms with Crippen molar-refractivity contribution in [3.8, 4) is 5.75 Å². The van der Waals surface area contributed by atoms with E-state index in [2.05, 4.69) is 13.8 Å². The fourth-order valence-corrected chi connectivity index (χ4v) is 6.11. The molecule has 0 spiro atoms. The van der Waals surface area contributed by atoms with E-state index in [1.54, 1.807) is 31.4 Å². The van der Waals surface area contributed by atoms with Crippen molar-refractivity contribution in [1.29, 1.82) is 0 Å². The van der Waals surface area contributed by atoms with E-state index in [9.17, 15) is 28.8 Å². The topological polar surface area (TPSA) is 189 Å². The predicted octanol–water partition coefficient (Wildman–Crippen LogP) is 4.84. The van der Waals surface area contributed by atoms with Gasteiger partial charge in [-0.2, -0.15) is 0 Å². The number of amides is 3. The van der Waals surface area contributed by atoms with Crippen LogP contribution in [0.25, 0.3) is 0 Å². The molecule has 5 unspecified atom stereocenters. The molecule has 1 aliphatic heterocycles. The van der Waals surface area contributed by atoms with Crippen LogP contribution in [0.1, 0.15) is 112 Å². The zero-order valence-corrected chi connectivity index (χ0v) is 34.2. The van der Waals surface area contributed by atoms with Crippen molar-refractivity contribution < 1.29 is 43.0 Å². The summed E-state index contributed by atoms with van der Waals surface area (Å²) >= 11 is 0. The van der Waals surface area contributed by atoms with Gasteiger partial charge in [0, 0.05) is 32.4 Å². The monoisotopic (exact) mass is 760 g/mol. The molecule has 6 atom stereocenters. The number of benzene rings is 1. The molecule has 1 fully saturated rings. The largest absolute Gasteiger partial charge is 0.497 e. The summed E-state index contributed by atoms with van der Waals surface area (Å²) in [4.78, 5) is 75.8. The summed E-state index contributed by atoms with van der Waals surface area (Å²) in [7, 11) is 3.09. The standard InChI is InChI=1S/C25H38N4O6.C16H30O3/c1-16(2)14-19(26)23(31)29-12-5-6-20(29)24(32)28(3)21(25(33)35-13-11-22(27)30)15-17-7-9-18(34-4)10-8-17;1-6-13(4)8-7-9-16(18)19-15(12(2)3)10-14(5)11-17/h7-10,16,19-21H,5-6,11-15,26H2,1-4H3,(H2,27,30);11-15H,6-10H2,1-5H3/t;13?,14-,15?/m.0/s1. The molecule has 13 heteroatoms. The summed E-state index contributed by atoms with van der Waals surface area (Å²) in [5.74, 6) is -0.187. The molecule has 1 aromatic carbocycles. The molecule has 1 aromatic rings. The number of nitrogens with two attached hydrogens (primary N) is 2. The van der Waals surface area contributed by atoms with Crippen LogP contribution in [0.2, 0.25) is 0 Å². The Kier molecular flexibility index (Phi) is 22.4. The third kappa shape index (κ3) is 17.4. The summed E-state index contributed by atoms with van der Waals surface area (Å²) in [6, 6.07) is 4.81. The summed E-state index contributed by atoms with van der Waals surface area (Å²) in [6.45, 7) is 14.5. The van der Waals surface area contributed by atoms with E-state index in [0.29, 0.717) is 50.3 Å². The van der Waals surface area contributed by atoms with E-state index in [-0.39, 0.29) is 61.1 Å². The van der Waals surface area contributed by atoms with Crippen LogP contribution in [0.5, 0.6) is 5.75 Å². The van der Waals surface area contributed by atoms with Crippen molar-refractivity contribution in [2.75, 3.05) is 27.3 Å². The molecule has 0 aromatic heterocycles. The van der Waals surface area contributed by atoms with Crippen LogP contribution in [0.15, 0.2) is 24.3 Å². The first-order valence-electron chi connectivity index (χ1n) is 19.5. The van der Waals surface area contributed by atoms with Gasteiger partial charge in [0.2, 0.25) is 17.7 Å². The number of hydrogen-bond donors (Lipinski definition) is 2. The first kappa shape index (κ1) is 48.0. The molecular weight excluding hydrogens is 692 g/mol. The molecular formula is C41H68N4O9. The third-order valence-electron chi connectivity index (χ3n) is 9.77. The van der Waals surface area contributed by atoms with Gasteiger partial charge in [-0.3, -0.25) is 19.2 Å². The lowest BCUT2D eigenvalue weighted by Crippen LogP contribution is -2.55. The maximum absolute atomic E-state index is 13.5. The smallest absolute Gasteiger partial charge is 0.329 e. The molecule has 0 saturated carbocycles. The quantitative estimate of drug-likeness (QED) is 0.122. The number of likely N-dealkylation sites (tertiary alicyclic amines) is 1. The lowest BCUT2D eigenvalue weighted by atomic mass is 9.97. The number of nitrogens with zero attached hydrogens (tertiary/aromatic N) is 2. The maximum atomic E-state index is 13.5. The highest BCUT2D eigenvalue weighted by atomic mass is 16.5. The molecule has 1 heterocycles. The van der Waals surface area contributed by atoms with Crippen LogP contribution in [0.3, 0.4) is 0 Å². The van der Waals surface area contributed by atoms with Crippen molar-refractivity contribution in [2.45, 2.75) is 137 Å². The molecule has 1 aliphatic rings. The molecule has 2 rings (SSSR count). The van der Waals surface area contributed by atoms with Gasteiger partial charge in [0.1, 0.15) is 36.8 Å². The molecule has 1 saturated heterocycles. The number of esters is 2. The number of ether oxygens (including phenoxy) is 3. The minimum absolute atomic E-state index is 0.0553. The number of hydrogen-bond acceptors (Lipinski definition) is 10. The highest BCUT2D eigenvalue weighted by Gasteiger charge is 2.40. The highest BCUT2D eigenvalue weighted by Crippen LogP contribution is 2.24. The first-order chi connectivity index (χ1) is 25.4.